The molecule has 6 nitrogen and oxygen atoms in total. The SMILES string of the molecule is CN=C(NCCOc1ccc(OC)cc1)NCCc1c[nH]c2ccccc12.I. The number of para-hydroxylation sites is 1. The molecule has 0 amide bonds. The third kappa shape index (κ3) is 6.05. The molecule has 1 heterocycles. The van der Waals surface area contributed by atoms with E-state index in [0.717, 1.165) is 30.4 Å². The topological polar surface area (TPSA) is 70.7 Å². The first-order valence-corrected chi connectivity index (χ1v) is 9.06. The first-order chi connectivity index (χ1) is 13.3. The molecular weight excluding hydrogens is 467 g/mol. The molecule has 3 N–H and O–H groups in total. The molecule has 28 heavy (non-hydrogen) atoms. The molecule has 1 aromatic heterocycles. The number of nitrogens with zero attached hydrogens (tertiary/aromatic N) is 1. The number of methoxy groups -OCH3 is 1. The van der Waals surface area contributed by atoms with Crippen molar-refractivity contribution >= 4 is 40.8 Å². The van der Waals surface area contributed by atoms with E-state index >= 15 is 0 Å². The highest BCUT2D eigenvalue weighted by Crippen LogP contribution is 2.18. The summed E-state index contributed by atoms with van der Waals surface area (Å²) in [7, 11) is 3.42. The molecular formula is C21H27IN4O2. The van der Waals surface area contributed by atoms with Crippen LogP contribution in [0.1, 0.15) is 5.56 Å². The van der Waals surface area contributed by atoms with Crippen LogP contribution in [-0.4, -0.2) is 44.8 Å². The van der Waals surface area contributed by atoms with E-state index in [2.05, 4.69) is 45.0 Å². The van der Waals surface area contributed by atoms with Gasteiger partial charge in [-0.15, -0.1) is 24.0 Å². The van der Waals surface area contributed by atoms with Gasteiger partial charge < -0.3 is 25.1 Å². The van der Waals surface area contributed by atoms with Crippen molar-refractivity contribution in [3.05, 3.63) is 60.3 Å². The van der Waals surface area contributed by atoms with Crippen molar-refractivity contribution in [2.45, 2.75) is 6.42 Å². The summed E-state index contributed by atoms with van der Waals surface area (Å²) in [6, 6.07) is 15.9. The molecule has 0 aliphatic rings. The van der Waals surface area contributed by atoms with Crippen molar-refractivity contribution < 1.29 is 9.47 Å². The molecule has 0 aliphatic carbocycles. The van der Waals surface area contributed by atoms with E-state index < -0.39 is 0 Å². The number of ether oxygens (including phenoxy) is 2. The van der Waals surface area contributed by atoms with E-state index in [4.69, 9.17) is 9.47 Å². The highest BCUT2D eigenvalue weighted by Gasteiger charge is 2.03. The monoisotopic (exact) mass is 494 g/mol. The Hall–Kier alpha value is -2.42. The Balaban J connectivity index is 0.00000280. The van der Waals surface area contributed by atoms with Gasteiger partial charge in [0.15, 0.2) is 5.96 Å². The summed E-state index contributed by atoms with van der Waals surface area (Å²) in [5, 5.41) is 7.87. The van der Waals surface area contributed by atoms with Crippen LogP contribution in [0, 0.1) is 0 Å². The molecule has 3 aromatic rings. The predicted molar refractivity (Wildman–Crippen MR) is 125 cm³/mol. The van der Waals surface area contributed by atoms with Crippen molar-refractivity contribution in [3.8, 4) is 11.5 Å². The lowest BCUT2D eigenvalue weighted by molar-refractivity contribution is 0.321. The van der Waals surface area contributed by atoms with E-state index in [-0.39, 0.29) is 24.0 Å². The molecule has 2 aromatic carbocycles. The van der Waals surface area contributed by atoms with Crippen LogP contribution in [-0.2, 0) is 6.42 Å². The van der Waals surface area contributed by atoms with Gasteiger partial charge in [0.2, 0.25) is 0 Å². The Morgan fingerprint density at radius 2 is 1.71 bits per heavy atom. The van der Waals surface area contributed by atoms with Crippen molar-refractivity contribution in [1.29, 1.82) is 0 Å². The molecule has 0 atom stereocenters. The summed E-state index contributed by atoms with van der Waals surface area (Å²) < 4.78 is 10.8. The fourth-order valence-corrected chi connectivity index (χ4v) is 2.88. The van der Waals surface area contributed by atoms with Gasteiger partial charge >= 0.3 is 0 Å². The number of guanidine groups is 1. The van der Waals surface area contributed by atoms with Crippen LogP contribution in [0.5, 0.6) is 11.5 Å². The number of halogens is 1. The minimum absolute atomic E-state index is 0. The summed E-state index contributed by atoms with van der Waals surface area (Å²) in [6.45, 7) is 2.02. The molecule has 0 radical (unpaired) electrons. The molecule has 0 spiro atoms. The lowest BCUT2D eigenvalue weighted by Gasteiger charge is -2.12. The van der Waals surface area contributed by atoms with Crippen molar-refractivity contribution in [3.63, 3.8) is 0 Å². The number of hydrogen-bond donors (Lipinski definition) is 3. The largest absolute Gasteiger partial charge is 0.497 e. The molecule has 0 bridgehead atoms. The maximum Gasteiger partial charge on any atom is 0.191 e. The number of fused-ring (bicyclic) bond motifs is 1. The number of H-pyrrole nitrogens is 1. The number of benzene rings is 2. The highest BCUT2D eigenvalue weighted by atomic mass is 127. The number of aromatic nitrogens is 1. The van der Waals surface area contributed by atoms with E-state index in [0.29, 0.717) is 13.2 Å². The zero-order valence-corrected chi connectivity index (χ0v) is 18.5. The van der Waals surface area contributed by atoms with Crippen LogP contribution < -0.4 is 20.1 Å². The molecule has 0 saturated carbocycles. The fourth-order valence-electron chi connectivity index (χ4n) is 2.88. The predicted octanol–water partition coefficient (Wildman–Crippen LogP) is 3.58. The van der Waals surface area contributed by atoms with Gasteiger partial charge in [0, 0.05) is 30.7 Å². The van der Waals surface area contributed by atoms with Gasteiger partial charge in [0.05, 0.1) is 13.7 Å². The fraction of sp³-hybridized carbons (Fsp3) is 0.286. The molecule has 0 unspecified atom stereocenters. The van der Waals surface area contributed by atoms with Gasteiger partial charge in [-0.2, -0.15) is 0 Å². The number of nitrogens with one attached hydrogen (secondary N) is 3. The Morgan fingerprint density at radius 3 is 2.46 bits per heavy atom. The van der Waals surface area contributed by atoms with Crippen LogP contribution in [0.25, 0.3) is 10.9 Å². The molecule has 150 valence electrons. The number of aliphatic imine (C=N–C) groups is 1. The maximum atomic E-state index is 5.71. The van der Waals surface area contributed by atoms with E-state index in [1.54, 1.807) is 14.2 Å². The number of hydrogen-bond acceptors (Lipinski definition) is 3. The second-order valence-corrected chi connectivity index (χ2v) is 6.06. The van der Waals surface area contributed by atoms with E-state index in [1.807, 2.05) is 30.3 Å². The van der Waals surface area contributed by atoms with Crippen molar-refractivity contribution in [2.75, 3.05) is 33.9 Å². The van der Waals surface area contributed by atoms with Gasteiger partial charge in [-0.1, -0.05) is 18.2 Å². The minimum atomic E-state index is 0. The third-order valence-electron chi connectivity index (χ3n) is 4.31. The average Bonchev–Trinajstić information content (AvgIpc) is 3.13. The van der Waals surface area contributed by atoms with Crippen LogP contribution in [0.2, 0.25) is 0 Å². The second kappa shape index (κ2) is 11.4. The van der Waals surface area contributed by atoms with E-state index in [1.165, 1.54) is 16.5 Å². The van der Waals surface area contributed by atoms with E-state index in [9.17, 15) is 0 Å². The smallest absolute Gasteiger partial charge is 0.191 e. The van der Waals surface area contributed by atoms with Crippen LogP contribution >= 0.6 is 24.0 Å². The lowest BCUT2D eigenvalue weighted by atomic mass is 10.1. The van der Waals surface area contributed by atoms with Gasteiger partial charge in [-0.05, 0) is 42.3 Å². The van der Waals surface area contributed by atoms with Gasteiger partial charge in [0.25, 0.3) is 0 Å². The third-order valence-corrected chi connectivity index (χ3v) is 4.31. The number of rotatable bonds is 8. The summed E-state index contributed by atoms with van der Waals surface area (Å²) in [4.78, 5) is 7.56. The summed E-state index contributed by atoms with van der Waals surface area (Å²) in [5.74, 6) is 2.41. The van der Waals surface area contributed by atoms with Crippen molar-refractivity contribution in [1.82, 2.24) is 15.6 Å². The average molecular weight is 494 g/mol. The van der Waals surface area contributed by atoms with Gasteiger partial charge in [-0.25, -0.2) is 0 Å². The van der Waals surface area contributed by atoms with Gasteiger partial charge in [-0.3, -0.25) is 4.99 Å². The zero-order valence-electron chi connectivity index (χ0n) is 16.2. The molecule has 0 aliphatic heterocycles. The number of aromatic amines is 1. The first kappa shape index (κ1) is 21.9. The Labute approximate surface area is 182 Å². The maximum absolute atomic E-state index is 5.71. The molecule has 3 rings (SSSR count). The Bertz CT molecular complexity index is 878. The normalized spacial score (nSPS) is 11.0. The lowest BCUT2D eigenvalue weighted by Crippen LogP contribution is -2.40. The summed E-state index contributed by atoms with van der Waals surface area (Å²) in [6.07, 6.45) is 3.00. The van der Waals surface area contributed by atoms with Crippen molar-refractivity contribution in [2.24, 2.45) is 4.99 Å². The minimum Gasteiger partial charge on any atom is -0.497 e. The first-order valence-electron chi connectivity index (χ1n) is 9.06. The van der Waals surface area contributed by atoms with Crippen LogP contribution in [0.3, 0.4) is 0 Å². The quantitative estimate of drug-likeness (QED) is 0.194. The van der Waals surface area contributed by atoms with Crippen LogP contribution in [0.15, 0.2) is 59.7 Å². The summed E-state index contributed by atoms with van der Waals surface area (Å²) >= 11 is 0. The molecule has 0 fully saturated rings. The van der Waals surface area contributed by atoms with Crippen LogP contribution in [0.4, 0.5) is 0 Å². The second-order valence-electron chi connectivity index (χ2n) is 6.06. The van der Waals surface area contributed by atoms with Gasteiger partial charge in [0.1, 0.15) is 18.1 Å². The molecule has 7 heteroatoms. The zero-order chi connectivity index (χ0) is 18.9. The standard InChI is InChI=1S/C21H26N4O2.HI/c1-22-21(24-13-14-27-18-9-7-17(26-2)8-10-18)23-12-11-16-15-25-20-6-4-3-5-19(16)20;/h3-10,15,25H,11-14H2,1-2H3,(H2,22,23,24);1H. The Kier molecular flexibility index (Phi) is 8.93. The Morgan fingerprint density at radius 1 is 1.00 bits per heavy atom. The summed E-state index contributed by atoms with van der Waals surface area (Å²) in [5.41, 5.74) is 2.47. The highest BCUT2D eigenvalue weighted by molar-refractivity contribution is 14.0. The molecule has 0 saturated heterocycles.